The highest BCUT2D eigenvalue weighted by Gasteiger charge is 2.55. The Morgan fingerprint density at radius 3 is 2.50 bits per heavy atom. The summed E-state index contributed by atoms with van der Waals surface area (Å²) in [4.78, 5) is 39.5. The molecule has 0 radical (unpaired) electrons. The molecule has 7 N–H and O–H groups in total. The number of hydrogen-bond acceptors (Lipinski definition) is 11. The fourth-order valence-electron chi connectivity index (χ4n) is 3.10. The third-order valence-electron chi connectivity index (χ3n) is 4.41. The Morgan fingerprint density at radius 2 is 1.88 bits per heavy atom. The number of nitrogens with two attached hydrogens (primary N) is 1. The first-order valence-electron chi connectivity index (χ1n) is 8.42. The average Bonchev–Trinajstić information content (AvgIpc) is 3.14. The fourth-order valence-corrected chi connectivity index (χ4v) is 6.13. The summed E-state index contributed by atoms with van der Waals surface area (Å²) in [6, 6.07) is 2.90. The number of aliphatic hydroxyl groups is 1. The van der Waals surface area contributed by atoms with E-state index in [9.17, 15) is 23.7 Å². The molecule has 32 heavy (non-hydrogen) atoms. The third kappa shape index (κ3) is 5.25. The lowest BCUT2D eigenvalue weighted by atomic mass is 9.94. The molecule has 180 valence electrons. The number of aromatic nitrogens is 3. The van der Waals surface area contributed by atoms with Crippen molar-refractivity contribution in [2.75, 3.05) is 12.3 Å². The molecule has 6 unspecified atom stereocenters. The quantitative estimate of drug-likeness (QED) is 0.249. The number of alkyl halides is 1. The van der Waals surface area contributed by atoms with Gasteiger partial charge in [0.1, 0.15) is 29.7 Å². The van der Waals surface area contributed by atoms with Crippen LogP contribution in [0.3, 0.4) is 0 Å². The Morgan fingerprint density at radius 1 is 1.22 bits per heavy atom. The van der Waals surface area contributed by atoms with Gasteiger partial charge in [-0.05, 0) is 19.1 Å². The van der Waals surface area contributed by atoms with E-state index < -0.39 is 54.1 Å². The number of aliphatic hydroxyl groups excluding tert-OH is 1. The fraction of sp³-hybridized carbons (Fsp3) is 0.500. The second-order valence-corrected chi connectivity index (χ2v) is 11.1. The molecule has 1 aliphatic rings. The molecule has 3 heterocycles. The van der Waals surface area contributed by atoms with Gasteiger partial charge in [0.25, 0.3) is 0 Å². The van der Waals surface area contributed by atoms with Crippen LogP contribution in [0.2, 0.25) is 0 Å². The van der Waals surface area contributed by atoms with Gasteiger partial charge in [0.05, 0.1) is 12.3 Å². The summed E-state index contributed by atoms with van der Waals surface area (Å²) >= 11 is 0. The highest BCUT2D eigenvalue weighted by atomic mass is 31.3. The van der Waals surface area contributed by atoms with Crippen LogP contribution in [0.25, 0.3) is 5.52 Å². The smallest absolute Gasteiger partial charge is 0.387 e. The van der Waals surface area contributed by atoms with Gasteiger partial charge in [-0.15, -0.1) is 0 Å². The SMILES string of the molecule is CC1(c2ccc3c(N)ncnn23)OC(COP(=O)(O)OP(=O)(O)OP(=O)(O)O)C(O)C1F. The lowest BCUT2D eigenvalue weighted by Gasteiger charge is -2.26. The minimum Gasteiger partial charge on any atom is -0.387 e. The summed E-state index contributed by atoms with van der Waals surface area (Å²) in [5.74, 6) is 0.0908. The maximum absolute atomic E-state index is 15.0. The van der Waals surface area contributed by atoms with Crippen molar-refractivity contribution < 1.29 is 60.6 Å². The van der Waals surface area contributed by atoms with Crippen molar-refractivity contribution in [1.29, 1.82) is 0 Å². The van der Waals surface area contributed by atoms with E-state index in [-0.39, 0.29) is 11.5 Å². The number of anilines is 1. The summed E-state index contributed by atoms with van der Waals surface area (Å²) in [6.45, 7) is 0.243. The zero-order valence-corrected chi connectivity index (χ0v) is 18.6. The van der Waals surface area contributed by atoms with Crippen LogP contribution in [0.4, 0.5) is 10.2 Å². The van der Waals surface area contributed by atoms with Gasteiger partial charge in [-0.1, -0.05) is 0 Å². The van der Waals surface area contributed by atoms with E-state index in [1.807, 2.05) is 0 Å². The number of ether oxygens (including phenoxy) is 1. The van der Waals surface area contributed by atoms with Gasteiger partial charge < -0.3 is 35.2 Å². The zero-order valence-electron chi connectivity index (χ0n) is 15.9. The Balaban J connectivity index is 1.75. The largest absolute Gasteiger partial charge is 0.490 e. The first kappa shape index (κ1) is 25.3. The number of phosphoric acid groups is 3. The van der Waals surface area contributed by atoms with Crippen LogP contribution in [-0.2, 0) is 37.2 Å². The number of fused-ring (bicyclic) bond motifs is 1. The predicted molar refractivity (Wildman–Crippen MR) is 100 cm³/mol. The van der Waals surface area contributed by atoms with Crippen LogP contribution in [0, 0.1) is 0 Å². The first-order chi connectivity index (χ1) is 14.5. The molecule has 6 atom stereocenters. The van der Waals surface area contributed by atoms with Crippen molar-refractivity contribution in [3.8, 4) is 0 Å². The normalized spacial score (nSPS) is 30.3. The number of nitrogen functional groups attached to an aromatic ring is 1. The topological polar surface area (TPSA) is 245 Å². The molecule has 1 saturated heterocycles. The van der Waals surface area contributed by atoms with Gasteiger partial charge in [-0.3, -0.25) is 4.52 Å². The summed E-state index contributed by atoms with van der Waals surface area (Å²) in [5, 5.41) is 14.2. The van der Waals surface area contributed by atoms with E-state index in [1.54, 1.807) is 0 Å². The highest BCUT2D eigenvalue weighted by molar-refractivity contribution is 7.66. The number of halogens is 1. The van der Waals surface area contributed by atoms with Crippen LogP contribution in [0.5, 0.6) is 0 Å². The van der Waals surface area contributed by atoms with Gasteiger partial charge in [-0.2, -0.15) is 13.7 Å². The molecule has 16 nitrogen and oxygen atoms in total. The van der Waals surface area contributed by atoms with Crippen LogP contribution in [0.15, 0.2) is 18.5 Å². The molecule has 0 aromatic carbocycles. The van der Waals surface area contributed by atoms with Gasteiger partial charge in [0.2, 0.25) is 0 Å². The summed E-state index contributed by atoms with van der Waals surface area (Å²) < 4.78 is 67.2. The first-order valence-corrected chi connectivity index (χ1v) is 12.9. The molecule has 1 aliphatic heterocycles. The van der Waals surface area contributed by atoms with Crippen molar-refractivity contribution in [1.82, 2.24) is 14.6 Å². The maximum atomic E-state index is 15.0. The lowest BCUT2D eigenvalue weighted by molar-refractivity contribution is -0.0770. The Kier molecular flexibility index (Phi) is 6.70. The maximum Gasteiger partial charge on any atom is 0.490 e. The molecule has 1 fully saturated rings. The number of rotatable bonds is 8. The second kappa shape index (κ2) is 8.47. The summed E-state index contributed by atoms with van der Waals surface area (Å²) in [7, 11) is -16.8. The van der Waals surface area contributed by atoms with E-state index in [0.29, 0.717) is 5.52 Å². The van der Waals surface area contributed by atoms with E-state index in [4.69, 9.17) is 25.2 Å². The van der Waals surface area contributed by atoms with E-state index in [1.165, 1.54) is 23.6 Å². The monoisotopic (exact) mass is 522 g/mol. The molecule has 2 aromatic rings. The number of phosphoric ester groups is 1. The second-order valence-electron chi connectivity index (χ2n) is 6.70. The minimum absolute atomic E-state index is 0.0908. The standard InChI is InChI=1S/C12H18FN4O12P3/c1-12(8-3-2-6-11(14)15-5-16-17(6)8)10(13)9(18)7(27-12)4-26-31(22,23)29-32(24,25)28-30(19,20)21/h2-3,5,7,9-10,18H,4H2,1H3,(H,22,23)(H,24,25)(H2,14,15,16)(H2,19,20,21). The van der Waals surface area contributed by atoms with Crippen molar-refractivity contribution >= 4 is 34.8 Å². The third-order valence-corrected chi connectivity index (χ3v) is 8.21. The lowest BCUT2D eigenvalue weighted by Crippen LogP contribution is -2.36. The highest BCUT2D eigenvalue weighted by Crippen LogP contribution is 2.66. The Hall–Kier alpha value is -1.32. The van der Waals surface area contributed by atoms with E-state index >= 15 is 4.39 Å². The molecule has 0 amide bonds. The molecule has 0 aliphatic carbocycles. The molecule has 2 aromatic heterocycles. The zero-order chi connectivity index (χ0) is 24.1. The average molecular weight is 522 g/mol. The van der Waals surface area contributed by atoms with Crippen molar-refractivity contribution in [2.45, 2.75) is 30.9 Å². The van der Waals surface area contributed by atoms with Crippen LogP contribution < -0.4 is 5.73 Å². The molecule has 3 rings (SSSR count). The van der Waals surface area contributed by atoms with Crippen molar-refractivity contribution in [2.24, 2.45) is 0 Å². The van der Waals surface area contributed by atoms with Gasteiger partial charge >= 0.3 is 23.5 Å². The molecule has 20 heteroatoms. The summed E-state index contributed by atoms with van der Waals surface area (Å²) in [6.07, 6.45) is -4.45. The van der Waals surface area contributed by atoms with Crippen molar-refractivity contribution in [3.05, 3.63) is 24.2 Å². The Labute approximate surface area is 178 Å². The van der Waals surface area contributed by atoms with E-state index in [2.05, 4.69) is 23.2 Å². The number of hydrogen-bond donors (Lipinski definition) is 6. The van der Waals surface area contributed by atoms with E-state index in [0.717, 1.165) is 6.33 Å². The molecule has 0 saturated carbocycles. The van der Waals surface area contributed by atoms with Crippen molar-refractivity contribution in [3.63, 3.8) is 0 Å². The molecule has 0 bridgehead atoms. The van der Waals surface area contributed by atoms with Crippen LogP contribution in [-0.4, -0.2) is 64.3 Å². The van der Waals surface area contributed by atoms with Gasteiger partial charge in [0, 0.05) is 0 Å². The Bertz CT molecular complexity index is 1160. The van der Waals surface area contributed by atoms with Crippen LogP contribution in [0.1, 0.15) is 12.6 Å². The van der Waals surface area contributed by atoms with Gasteiger partial charge in [-0.25, -0.2) is 27.6 Å². The minimum atomic E-state index is -5.73. The molecular weight excluding hydrogens is 504 g/mol. The predicted octanol–water partition coefficient (Wildman–Crippen LogP) is -0.0322. The molecular formula is C12H18FN4O12P3. The molecule has 0 spiro atoms. The van der Waals surface area contributed by atoms with Crippen LogP contribution >= 0.6 is 23.5 Å². The van der Waals surface area contributed by atoms with Gasteiger partial charge in [0.15, 0.2) is 12.0 Å². The summed E-state index contributed by atoms with van der Waals surface area (Å²) in [5.41, 5.74) is 4.34. The number of nitrogens with zero attached hydrogens (tertiary/aromatic N) is 3.